The molecule has 0 radical (unpaired) electrons. The van der Waals surface area contributed by atoms with Crippen molar-refractivity contribution >= 4 is 16.8 Å². The van der Waals surface area contributed by atoms with Gasteiger partial charge in [-0.15, -0.1) is 5.10 Å². The lowest BCUT2D eigenvalue weighted by Gasteiger charge is -2.27. The Morgan fingerprint density at radius 2 is 2.11 bits per heavy atom. The Kier molecular flexibility index (Phi) is 4.01. The van der Waals surface area contributed by atoms with E-state index in [0.717, 1.165) is 44.0 Å². The van der Waals surface area contributed by atoms with E-state index in [1.165, 1.54) is 10.9 Å². The van der Waals surface area contributed by atoms with Crippen molar-refractivity contribution < 1.29 is 9.90 Å². The van der Waals surface area contributed by atoms with Gasteiger partial charge in [0.05, 0.1) is 23.8 Å². The van der Waals surface area contributed by atoms with Crippen LogP contribution in [0, 0.1) is 5.41 Å². The number of rotatable bonds is 6. The number of hydrogen-bond acceptors (Lipinski definition) is 4. The predicted octanol–water partition coefficient (Wildman–Crippen LogP) is 2.27. The van der Waals surface area contributed by atoms with Gasteiger partial charge < -0.3 is 15.4 Å². The van der Waals surface area contributed by atoms with Crippen LogP contribution in [0.25, 0.3) is 10.9 Å². The van der Waals surface area contributed by atoms with E-state index in [0.29, 0.717) is 12.2 Å². The lowest BCUT2D eigenvalue weighted by atomic mass is 9.83. The van der Waals surface area contributed by atoms with Gasteiger partial charge in [0.1, 0.15) is 5.69 Å². The molecule has 7 heteroatoms. The smallest absolute Gasteiger partial charge is 0.226 e. The average molecular weight is 379 g/mol. The van der Waals surface area contributed by atoms with Gasteiger partial charge in [-0.1, -0.05) is 23.4 Å². The summed E-state index contributed by atoms with van der Waals surface area (Å²) in [4.78, 5) is 16.3. The number of fused-ring (bicyclic) bond motifs is 3. The molecule has 0 saturated heterocycles. The fourth-order valence-electron chi connectivity index (χ4n) is 5.25. The maximum absolute atomic E-state index is 13.1. The number of H-pyrrole nitrogens is 1. The Morgan fingerprint density at radius 3 is 2.89 bits per heavy atom. The maximum Gasteiger partial charge on any atom is 0.226 e. The van der Waals surface area contributed by atoms with E-state index in [4.69, 9.17) is 0 Å². The molecular weight excluding hydrogens is 354 g/mol. The monoisotopic (exact) mass is 379 g/mol. The Labute approximate surface area is 163 Å². The number of benzene rings is 1. The summed E-state index contributed by atoms with van der Waals surface area (Å²) < 4.78 is 1.90. The van der Waals surface area contributed by atoms with Gasteiger partial charge in [-0.3, -0.25) is 4.79 Å². The first-order valence-electron chi connectivity index (χ1n) is 10.0. The molecule has 2 aliphatic rings. The predicted molar refractivity (Wildman–Crippen MR) is 104 cm³/mol. The second-order valence-electron chi connectivity index (χ2n) is 8.36. The van der Waals surface area contributed by atoms with Gasteiger partial charge in [0.2, 0.25) is 5.91 Å². The van der Waals surface area contributed by atoms with Crippen LogP contribution in [0.5, 0.6) is 0 Å². The number of hydrogen-bond donors (Lipinski definition) is 3. The highest BCUT2D eigenvalue weighted by Gasteiger charge is 2.59. The first-order valence-corrected chi connectivity index (χ1v) is 10.0. The third-order valence-corrected chi connectivity index (χ3v) is 6.83. The molecule has 0 atom stereocenters. The molecule has 28 heavy (non-hydrogen) atoms. The van der Waals surface area contributed by atoms with Crippen LogP contribution in [0.1, 0.15) is 43.4 Å². The number of amides is 1. The normalized spacial score (nSPS) is 26.2. The summed E-state index contributed by atoms with van der Waals surface area (Å²) in [7, 11) is 0. The van der Waals surface area contributed by atoms with Crippen molar-refractivity contribution in [3.63, 3.8) is 0 Å². The van der Waals surface area contributed by atoms with Gasteiger partial charge >= 0.3 is 0 Å². The number of carbonyl (C=O) groups is 1. The van der Waals surface area contributed by atoms with Gasteiger partial charge in [-0.2, -0.15) is 0 Å². The summed E-state index contributed by atoms with van der Waals surface area (Å²) in [5, 5.41) is 21.9. The summed E-state index contributed by atoms with van der Waals surface area (Å²) in [5.41, 5.74) is 2.56. The van der Waals surface area contributed by atoms with Crippen molar-refractivity contribution in [1.82, 2.24) is 25.3 Å². The zero-order chi connectivity index (χ0) is 19.2. The SMILES string of the molecule is O=C(NCCc1cccc2cc[nH]c12)C12CCC(n3cc(CO)nn3)(CC1)C2. The highest BCUT2D eigenvalue weighted by Crippen LogP contribution is 2.60. The van der Waals surface area contributed by atoms with Crippen molar-refractivity contribution in [3.05, 3.63) is 47.9 Å². The van der Waals surface area contributed by atoms with E-state index in [1.54, 1.807) is 0 Å². The molecule has 1 amide bonds. The van der Waals surface area contributed by atoms with Crippen LogP contribution in [0.2, 0.25) is 0 Å². The van der Waals surface area contributed by atoms with Gasteiger partial charge in [0.15, 0.2) is 0 Å². The number of nitrogens with one attached hydrogen (secondary N) is 2. The third kappa shape index (κ3) is 2.64. The molecule has 2 saturated carbocycles. The second-order valence-corrected chi connectivity index (χ2v) is 8.36. The molecule has 2 fully saturated rings. The summed E-state index contributed by atoms with van der Waals surface area (Å²) in [6, 6.07) is 8.34. The molecule has 2 aromatic heterocycles. The van der Waals surface area contributed by atoms with Crippen LogP contribution in [0.15, 0.2) is 36.7 Å². The van der Waals surface area contributed by atoms with E-state index in [2.05, 4.69) is 44.9 Å². The van der Waals surface area contributed by atoms with Crippen LogP contribution in [0.4, 0.5) is 0 Å². The fraction of sp³-hybridized carbons (Fsp3) is 0.476. The number of carbonyl (C=O) groups excluding carboxylic acids is 1. The number of aliphatic hydroxyl groups excluding tert-OH is 1. The third-order valence-electron chi connectivity index (χ3n) is 6.83. The zero-order valence-electron chi connectivity index (χ0n) is 15.8. The largest absolute Gasteiger partial charge is 0.390 e. The number of aromatic nitrogens is 4. The molecule has 2 heterocycles. The average Bonchev–Trinajstić information content (AvgIpc) is 3.50. The summed E-state index contributed by atoms with van der Waals surface area (Å²) in [5.74, 6) is 0.174. The zero-order valence-corrected chi connectivity index (χ0v) is 15.8. The molecule has 146 valence electrons. The summed E-state index contributed by atoms with van der Waals surface area (Å²) in [6.07, 6.45) is 9.07. The Morgan fingerprint density at radius 1 is 1.25 bits per heavy atom. The molecule has 0 aliphatic heterocycles. The quantitative estimate of drug-likeness (QED) is 0.612. The van der Waals surface area contributed by atoms with Crippen LogP contribution in [0.3, 0.4) is 0 Å². The first kappa shape index (κ1) is 17.4. The second kappa shape index (κ2) is 6.44. The van der Waals surface area contributed by atoms with Crippen LogP contribution >= 0.6 is 0 Å². The molecule has 1 aromatic carbocycles. The molecule has 2 aliphatic carbocycles. The van der Waals surface area contributed by atoms with Gasteiger partial charge in [0.25, 0.3) is 0 Å². The standard InChI is InChI=1S/C21H25N5O2/c27-13-17-12-26(25-24-17)21-8-6-20(14-21,7-9-21)19(28)23-11-5-16-3-1-2-15-4-10-22-18(15)16/h1-4,10,12,22,27H,5-9,11,13-14H2,(H,23,28). The highest BCUT2D eigenvalue weighted by molar-refractivity contribution is 5.84. The van der Waals surface area contributed by atoms with E-state index in [9.17, 15) is 9.90 Å². The van der Waals surface area contributed by atoms with Crippen molar-refractivity contribution in [1.29, 1.82) is 0 Å². The molecule has 3 aromatic rings. The number of para-hydroxylation sites is 1. The van der Waals surface area contributed by atoms with Crippen molar-refractivity contribution in [2.24, 2.45) is 5.41 Å². The maximum atomic E-state index is 13.1. The molecule has 0 spiro atoms. The molecule has 2 bridgehead atoms. The van der Waals surface area contributed by atoms with Gasteiger partial charge in [-0.05, 0) is 55.5 Å². The highest BCUT2D eigenvalue weighted by atomic mass is 16.3. The number of aliphatic hydroxyl groups is 1. The van der Waals surface area contributed by atoms with E-state index < -0.39 is 0 Å². The van der Waals surface area contributed by atoms with Crippen LogP contribution in [-0.2, 0) is 23.4 Å². The lowest BCUT2D eigenvalue weighted by Crippen LogP contribution is -2.39. The van der Waals surface area contributed by atoms with Gasteiger partial charge in [-0.25, -0.2) is 4.68 Å². The summed E-state index contributed by atoms with van der Waals surface area (Å²) in [6.45, 7) is 0.541. The minimum absolute atomic E-state index is 0.102. The number of nitrogens with zero attached hydrogens (tertiary/aromatic N) is 3. The minimum atomic E-state index is -0.288. The van der Waals surface area contributed by atoms with E-state index in [1.807, 2.05) is 17.1 Å². The molecule has 7 nitrogen and oxygen atoms in total. The topological polar surface area (TPSA) is 95.8 Å². The van der Waals surface area contributed by atoms with Crippen LogP contribution < -0.4 is 5.32 Å². The lowest BCUT2D eigenvalue weighted by molar-refractivity contribution is -0.130. The van der Waals surface area contributed by atoms with Crippen LogP contribution in [-0.4, -0.2) is 37.5 Å². The molecule has 5 rings (SSSR count). The Bertz CT molecular complexity index is 1010. The van der Waals surface area contributed by atoms with E-state index in [-0.39, 0.29) is 23.5 Å². The fourth-order valence-corrected chi connectivity index (χ4v) is 5.25. The van der Waals surface area contributed by atoms with Crippen molar-refractivity contribution in [3.8, 4) is 0 Å². The molecule has 0 unspecified atom stereocenters. The Hall–Kier alpha value is -2.67. The Balaban J connectivity index is 1.24. The van der Waals surface area contributed by atoms with Crippen molar-refractivity contribution in [2.45, 2.75) is 50.7 Å². The minimum Gasteiger partial charge on any atom is -0.390 e. The van der Waals surface area contributed by atoms with Gasteiger partial charge in [0, 0.05) is 18.3 Å². The molecular formula is C21H25N5O2. The van der Waals surface area contributed by atoms with Crippen molar-refractivity contribution in [2.75, 3.05) is 6.54 Å². The van der Waals surface area contributed by atoms with E-state index >= 15 is 0 Å². The summed E-state index contributed by atoms with van der Waals surface area (Å²) >= 11 is 0. The first-order chi connectivity index (χ1) is 13.6. The molecule has 3 N–H and O–H groups in total. The number of aromatic amines is 1.